The monoisotopic (exact) mass is 330 g/mol. The van der Waals surface area contributed by atoms with Crippen molar-refractivity contribution >= 4 is 23.7 Å². The number of ether oxygens (including phenoxy) is 1. The van der Waals surface area contributed by atoms with E-state index in [-0.39, 0.29) is 5.91 Å². The van der Waals surface area contributed by atoms with Gasteiger partial charge >= 0.3 is 0 Å². The van der Waals surface area contributed by atoms with Gasteiger partial charge in [-0.1, -0.05) is 37.1 Å². The van der Waals surface area contributed by atoms with Crippen LogP contribution in [0.5, 0.6) is 5.75 Å². The average molecular weight is 331 g/mol. The highest BCUT2D eigenvalue weighted by Crippen LogP contribution is 2.14. The summed E-state index contributed by atoms with van der Waals surface area (Å²) in [5, 5.41) is 4.34. The van der Waals surface area contributed by atoms with Crippen LogP contribution in [0.1, 0.15) is 35.7 Å². The molecule has 0 spiro atoms. The first-order valence-electron chi connectivity index (χ1n) is 7.51. The molecule has 0 saturated heterocycles. The van der Waals surface area contributed by atoms with Crippen molar-refractivity contribution in [2.24, 2.45) is 5.10 Å². The van der Waals surface area contributed by atoms with Crippen molar-refractivity contribution < 1.29 is 9.53 Å². The Labute approximate surface area is 141 Å². The van der Waals surface area contributed by atoms with Gasteiger partial charge in [-0.15, -0.1) is 0 Å². The Morgan fingerprint density at radius 3 is 2.65 bits per heavy atom. The molecule has 2 rings (SSSR count). The zero-order valence-corrected chi connectivity index (χ0v) is 13.7. The zero-order chi connectivity index (χ0) is 16.5. The molecular formula is C18H19ClN2O2. The fraction of sp³-hybridized carbons (Fsp3) is 0.222. The molecule has 23 heavy (non-hydrogen) atoms. The van der Waals surface area contributed by atoms with Gasteiger partial charge in [0, 0.05) is 0 Å². The lowest BCUT2D eigenvalue weighted by Gasteiger charge is -2.05. The fourth-order valence-corrected chi connectivity index (χ4v) is 2.08. The molecule has 2 aromatic carbocycles. The smallest absolute Gasteiger partial charge is 0.272 e. The summed E-state index contributed by atoms with van der Waals surface area (Å²) in [4.78, 5) is 11.9. The molecule has 0 saturated carbocycles. The molecular weight excluding hydrogens is 312 g/mol. The molecule has 0 bridgehead atoms. The van der Waals surface area contributed by atoms with Crippen LogP contribution in [0, 0.1) is 0 Å². The molecule has 0 fully saturated rings. The van der Waals surface area contributed by atoms with Crippen LogP contribution < -0.4 is 10.2 Å². The van der Waals surface area contributed by atoms with Gasteiger partial charge in [0.15, 0.2) is 0 Å². The van der Waals surface area contributed by atoms with Gasteiger partial charge in [-0.25, -0.2) is 5.43 Å². The highest BCUT2D eigenvalue weighted by atomic mass is 35.5. The number of benzene rings is 2. The third-order valence-electron chi connectivity index (χ3n) is 3.14. The minimum Gasteiger partial charge on any atom is -0.494 e. The third-order valence-corrected chi connectivity index (χ3v) is 3.47. The second kappa shape index (κ2) is 8.96. The number of amides is 1. The van der Waals surface area contributed by atoms with Crippen LogP contribution in [0.15, 0.2) is 53.6 Å². The number of rotatable bonds is 7. The van der Waals surface area contributed by atoms with Gasteiger partial charge in [0.2, 0.25) is 0 Å². The van der Waals surface area contributed by atoms with Gasteiger partial charge < -0.3 is 4.74 Å². The van der Waals surface area contributed by atoms with E-state index in [9.17, 15) is 4.79 Å². The largest absolute Gasteiger partial charge is 0.494 e. The SMILES string of the molecule is CCCCOc1ccc(/C=N\NC(=O)c2ccccc2Cl)cc1. The number of nitrogens with one attached hydrogen (secondary N) is 1. The number of halogens is 1. The van der Waals surface area contributed by atoms with Crippen molar-refractivity contribution in [3.63, 3.8) is 0 Å². The summed E-state index contributed by atoms with van der Waals surface area (Å²) in [6, 6.07) is 14.4. The Morgan fingerprint density at radius 2 is 1.96 bits per heavy atom. The quantitative estimate of drug-likeness (QED) is 0.468. The van der Waals surface area contributed by atoms with Gasteiger partial charge in [0.05, 0.1) is 23.4 Å². The molecule has 1 amide bonds. The van der Waals surface area contributed by atoms with Crippen LogP contribution in [0.4, 0.5) is 0 Å². The molecule has 0 atom stereocenters. The predicted molar refractivity (Wildman–Crippen MR) is 93.4 cm³/mol. The van der Waals surface area contributed by atoms with Gasteiger partial charge in [-0.05, 0) is 48.4 Å². The van der Waals surface area contributed by atoms with Crippen molar-refractivity contribution in [1.82, 2.24) is 5.43 Å². The Bertz CT molecular complexity index is 669. The molecule has 0 aliphatic rings. The number of carbonyl (C=O) groups is 1. The van der Waals surface area contributed by atoms with Gasteiger partial charge in [0.1, 0.15) is 5.75 Å². The maximum Gasteiger partial charge on any atom is 0.272 e. The van der Waals surface area contributed by atoms with Crippen molar-refractivity contribution in [2.75, 3.05) is 6.61 Å². The number of unbranched alkanes of at least 4 members (excludes halogenated alkanes) is 1. The summed E-state index contributed by atoms with van der Waals surface area (Å²) in [6.45, 7) is 2.84. The molecule has 4 nitrogen and oxygen atoms in total. The molecule has 0 aliphatic heterocycles. The molecule has 0 heterocycles. The van der Waals surface area contributed by atoms with E-state index in [1.165, 1.54) is 0 Å². The van der Waals surface area contributed by atoms with Crippen LogP contribution >= 0.6 is 11.6 Å². The summed E-state index contributed by atoms with van der Waals surface area (Å²) in [5.41, 5.74) is 3.72. The zero-order valence-electron chi connectivity index (χ0n) is 13.0. The molecule has 1 N–H and O–H groups in total. The van der Waals surface area contributed by atoms with Gasteiger partial charge in [0.25, 0.3) is 5.91 Å². The number of hydrogen-bond donors (Lipinski definition) is 1. The number of hydrazone groups is 1. The molecule has 0 radical (unpaired) electrons. The summed E-state index contributed by atoms with van der Waals surface area (Å²) in [7, 11) is 0. The molecule has 5 heteroatoms. The average Bonchev–Trinajstić information content (AvgIpc) is 2.57. The highest BCUT2D eigenvalue weighted by Gasteiger charge is 2.07. The van der Waals surface area contributed by atoms with Crippen LogP contribution in [-0.4, -0.2) is 18.7 Å². The lowest BCUT2D eigenvalue weighted by molar-refractivity contribution is 0.0955. The minimum absolute atomic E-state index is 0.341. The van der Waals surface area contributed by atoms with Crippen molar-refractivity contribution in [1.29, 1.82) is 0 Å². The van der Waals surface area contributed by atoms with E-state index in [1.807, 2.05) is 24.3 Å². The van der Waals surface area contributed by atoms with Crippen molar-refractivity contribution in [3.05, 3.63) is 64.7 Å². The molecule has 120 valence electrons. The van der Waals surface area contributed by atoms with Crippen molar-refractivity contribution in [2.45, 2.75) is 19.8 Å². The van der Waals surface area contributed by atoms with E-state index in [0.717, 1.165) is 30.8 Å². The lowest BCUT2D eigenvalue weighted by Crippen LogP contribution is -2.17. The van der Waals surface area contributed by atoms with E-state index in [0.29, 0.717) is 10.6 Å². The first-order chi connectivity index (χ1) is 11.2. The standard InChI is InChI=1S/C18H19ClN2O2/c1-2-3-12-23-15-10-8-14(9-11-15)13-20-21-18(22)16-6-4-5-7-17(16)19/h4-11,13H,2-3,12H2,1H3,(H,21,22)/b20-13-. The van der Waals surface area contributed by atoms with Crippen LogP contribution in [0.25, 0.3) is 0 Å². The Hall–Kier alpha value is -2.33. The van der Waals surface area contributed by atoms with E-state index < -0.39 is 0 Å². The summed E-state index contributed by atoms with van der Waals surface area (Å²) < 4.78 is 5.59. The van der Waals surface area contributed by atoms with E-state index in [1.54, 1.807) is 30.5 Å². The number of carbonyl (C=O) groups excluding carboxylic acids is 1. The lowest BCUT2D eigenvalue weighted by atomic mass is 10.2. The third kappa shape index (κ3) is 5.42. The van der Waals surface area contributed by atoms with Gasteiger partial charge in [-0.2, -0.15) is 5.10 Å². The van der Waals surface area contributed by atoms with Crippen molar-refractivity contribution in [3.8, 4) is 5.75 Å². The number of hydrogen-bond acceptors (Lipinski definition) is 3. The topological polar surface area (TPSA) is 50.7 Å². The molecule has 0 aliphatic carbocycles. The highest BCUT2D eigenvalue weighted by molar-refractivity contribution is 6.33. The maximum absolute atomic E-state index is 11.9. The summed E-state index contributed by atoms with van der Waals surface area (Å²) >= 11 is 5.96. The van der Waals surface area contributed by atoms with Crippen LogP contribution in [0.2, 0.25) is 5.02 Å². The summed E-state index contributed by atoms with van der Waals surface area (Å²) in [5.74, 6) is 0.488. The second-order valence-corrected chi connectivity index (χ2v) is 5.36. The van der Waals surface area contributed by atoms with E-state index in [4.69, 9.17) is 16.3 Å². The van der Waals surface area contributed by atoms with E-state index in [2.05, 4.69) is 17.5 Å². The molecule has 0 unspecified atom stereocenters. The first kappa shape index (κ1) is 17.0. The first-order valence-corrected chi connectivity index (χ1v) is 7.89. The fourth-order valence-electron chi connectivity index (χ4n) is 1.86. The van der Waals surface area contributed by atoms with E-state index >= 15 is 0 Å². The Balaban J connectivity index is 1.88. The molecule has 2 aromatic rings. The van der Waals surface area contributed by atoms with Crippen LogP contribution in [-0.2, 0) is 0 Å². The normalized spacial score (nSPS) is 10.7. The van der Waals surface area contributed by atoms with Gasteiger partial charge in [-0.3, -0.25) is 4.79 Å². The molecule has 0 aromatic heterocycles. The number of nitrogens with zero attached hydrogens (tertiary/aromatic N) is 1. The summed E-state index contributed by atoms with van der Waals surface area (Å²) in [6.07, 6.45) is 3.72. The van der Waals surface area contributed by atoms with Crippen LogP contribution in [0.3, 0.4) is 0 Å². The Kier molecular flexibility index (Phi) is 6.63. The Morgan fingerprint density at radius 1 is 1.22 bits per heavy atom. The predicted octanol–water partition coefficient (Wildman–Crippen LogP) is 4.28. The second-order valence-electron chi connectivity index (χ2n) is 4.95. The maximum atomic E-state index is 11.9. The minimum atomic E-state index is -0.341.